The number of benzene rings is 1. The lowest BCUT2D eigenvalue weighted by atomic mass is 9.96. The van der Waals surface area contributed by atoms with Crippen molar-refractivity contribution in [3.05, 3.63) is 28.8 Å². The third-order valence-electron chi connectivity index (χ3n) is 4.61. The summed E-state index contributed by atoms with van der Waals surface area (Å²) in [5, 5.41) is 9.31. The molecule has 0 aliphatic carbocycles. The van der Waals surface area contributed by atoms with Gasteiger partial charge in [-0.05, 0) is 54.9 Å². The number of aliphatic hydroxyl groups is 1. The highest BCUT2D eigenvalue weighted by Crippen LogP contribution is 2.31. The summed E-state index contributed by atoms with van der Waals surface area (Å²) in [5.41, 5.74) is 2.33. The van der Waals surface area contributed by atoms with E-state index in [-0.39, 0.29) is 6.61 Å². The Hall–Kier alpha value is -0.910. The van der Waals surface area contributed by atoms with Crippen molar-refractivity contribution in [2.75, 3.05) is 13.1 Å². The maximum atomic E-state index is 12.9. The van der Waals surface area contributed by atoms with Crippen LogP contribution in [0.5, 0.6) is 0 Å². The molecule has 21 heavy (non-hydrogen) atoms. The lowest BCUT2D eigenvalue weighted by molar-refractivity contribution is 0.281. The van der Waals surface area contributed by atoms with Gasteiger partial charge in [0.1, 0.15) is 0 Å². The van der Waals surface area contributed by atoms with E-state index in [9.17, 15) is 13.5 Å². The highest BCUT2D eigenvalue weighted by Gasteiger charge is 2.34. The van der Waals surface area contributed by atoms with Crippen molar-refractivity contribution in [1.82, 2.24) is 4.31 Å². The van der Waals surface area contributed by atoms with Gasteiger partial charge in [0.25, 0.3) is 0 Å². The van der Waals surface area contributed by atoms with Crippen LogP contribution in [0.25, 0.3) is 0 Å². The van der Waals surface area contributed by atoms with E-state index in [2.05, 4.69) is 13.8 Å². The first-order valence-corrected chi connectivity index (χ1v) is 8.92. The van der Waals surface area contributed by atoms with Gasteiger partial charge in [-0.25, -0.2) is 8.42 Å². The molecule has 1 aromatic carbocycles. The van der Waals surface area contributed by atoms with E-state index < -0.39 is 10.0 Å². The predicted octanol–water partition coefficient (Wildman–Crippen LogP) is 2.46. The Labute approximate surface area is 127 Å². The van der Waals surface area contributed by atoms with Crippen LogP contribution in [0.3, 0.4) is 0 Å². The second-order valence-electron chi connectivity index (χ2n) is 6.35. The third kappa shape index (κ3) is 3.15. The summed E-state index contributed by atoms with van der Waals surface area (Å²) in [5.74, 6) is 0.930. The predicted molar refractivity (Wildman–Crippen MR) is 83.5 cm³/mol. The Morgan fingerprint density at radius 1 is 1.33 bits per heavy atom. The average Bonchev–Trinajstić information content (AvgIpc) is 2.92. The minimum atomic E-state index is -3.47. The van der Waals surface area contributed by atoms with Gasteiger partial charge in [0.2, 0.25) is 10.0 Å². The summed E-state index contributed by atoms with van der Waals surface area (Å²) in [6.07, 6.45) is 0.925. The number of nitrogens with zero attached hydrogens (tertiary/aromatic N) is 1. The molecule has 0 saturated carbocycles. The molecule has 1 atom stereocenters. The van der Waals surface area contributed by atoms with Crippen molar-refractivity contribution in [3.63, 3.8) is 0 Å². The van der Waals surface area contributed by atoms with Crippen LogP contribution in [0.4, 0.5) is 0 Å². The molecule has 4 nitrogen and oxygen atoms in total. The molecule has 1 unspecified atom stereocenters. The fourth-order valence-corrected chi connectivity index (χ4v) is 4.77. The van der Waals surface area contributed by atoms with Crippen LogP contribution >= 0.6 is 0 Å². The van der Waals surface area contributed by atoms with Gasteiger partial charge in [0.15, 0.2) is 0 Å². The summed E-state index contributed by atoms with van der Waals surface area (Å²) >= 11 is 0. The van der Waals surface area contributed by atoms with E-state index in [1.807, 2.05) is 19.9 Å². The van der Waals surface area contributed by atoms with Gasteiger partial charge in [-0.2, -0.15) is 4.31 Å². The number of sulfonamides is 1. The van der Waals surface area contributed by atoms with Crippen LogP contribution in [0.15, 0.2) is 17.0 Å². The highest BCUT2D eigenvalue weighted by molar-refractivity contribution is 7.89. The molecule has 0 spiro atoms. The lowest BCUT2D eigenvalue weighted by Gasteiger charge is -2.20. The second-order valence-corrected chi connectivity index (χ2v) is 8.26. The number of hydrogen-bond donors (Lipinski definition) is 1. The van der Waals surface area contributed by atoms with Crippen LogP contribution in [-0.2, 0) is 16.6 Å². The molecule has 1 fully saturated rings. The quantitative estimate of drug-likeness (QED) is 0.929. The number of rotatable bonds is 4. The van der Waals surface area contributed by atoms with Crippen molar-refractivity contribution in [2.24, 2.45) is 11.8 Å². The first-order valence-electron chi connectivity index (χ1n) is 7.48. The van der Waals surface area contributed by atoms with E-state index in [1.165, 1.54) is 0 Å². The van der Waals surface area contributed by atoms with Crippen molar-refractivity contribution in [2.45, 2.75) is 45.6 Å². The first kappa shape index (κ1) is 16.5. The van der Waals surface area contributed by atoms with E-state index in [1.54, 1.807) is 10.4 Å². The molecule has 0 aromatic heterocycles. The third-order valence-corrected chi connectivity index (χ3v) is 6.60. The van der Waals surface area contributed by atoms with Crippen molar-refractivity contribution < 1.29 is 13.5 Å². The Morgan fingerprint density at radius 2 is 2.00 bits per heavy atom. The van der Waals surface area contributed by atoms with Crippen LogP contribution in [0.2, 0.25) is 0 Å². The number of aryl methyl sites for hydroxylation is 1. The van der Waals surface area contributed by atoms with E-state index in [0.29, 0.717) is 35.4 Å². The van der Waals surface area contributed by atoms with Crippen molar-refractivity contribution in [3.8, 4) is 0 Å². The number of hydrogen-bond acceptors (Lipinski definition) is 3. The fourth-order valence-electron chi connectivity index (χ4n) is 2.91. The Balaban J connectivity index is 2.39. The molecule has 1 saturated heterocycles. The summed E-state index contributed by atoms with van der Waals surface area (Å²) in [6.45, 7) is 9.05. The smallest absolute Gasteiger partial charge is 0.243 e. The second kappa shape index (κ2) is 6.07. The number of aliphatic hydroxyl groups excluding tert-OH is 1. The molecule has 1 aromatic rings. The molecule has 0 amide bonds. The van der Waals surface area contributed by atoms with Gasteiger partial charge >= 0.3 is 0 Å². The molecule has 1 aliphatic rings. The molecule has 0 bridgehead atoms. The highest BCUT2D eigenvalue weighted by atomic mass is 32.2. The summed E-state index contributed by atoms with van der Waals surface area (Å²) in [7, 11) is -3.47. The normalized spacial score (nSPS) is 20.4. The zero-order chi connectivity index (χ0) is 15.8. The summed E-state index contributed by atoms with van der Waals surface area (Å²) < 4.78 is 27.4. The van der Waals surface area contributed by atoms with Crippen molar-refractivity contribution in [1.29, 1.82) is 0 Å². The van der Waals surface area contributed by atoms with Gasteiger partial charge in [-0.3, -0.25) is 0 Å². The zero-order valence-corrected chi connectivity index (χ0v) is 14.1. The van der Waals surface area contributed by atoms with Crippen LogP contribution in [0, 0.1) is 25.7 Å². The molecule has 0 radical (unpaired) electrons. The maximum absolute atomic E-state index is 12.9. The average molecular weight is 311 g/mol. The van der Waals surface area contributed by atoms with Gasteiger partial charge in [0, 0.05) is 13.1 Å². The molecule has 1 heterocycles. The Bertz CT molecular complexity index is 623. The van der Waals surface area contributed by atoms with Gasteiger partial charge in [0.05, 0.1) is 11.5 Å². The van der Waals surface area contributed by atoms with Crippen LogP contribution in [0.1, 0.15) is 37.0 Å². The molecular formula is C16H25NO3S. The Kier molecular flexibility index (Phi) is 4.76. The maximum Gasteiger partial charge on any atom is 0.243 e. The minimum Gasteiger partial charge on any atom is -0.392 e. The summed E-state index contributed by atoms with van der Waals surface area (Å²) in [6, 6.07) is 3.45. The van der Waals surface area contributed by atoms with Gasteiger partial charge in [-0.1, -0.05) is 19.9 Å². The zero-order valence-electron chi connectivity index (χ0n) is 13.3. The van der Waals surface area contributed by atoms with Crippen LogP contribution in [-0.4, -0.2) is 30.9 Å². The van der Waals surface area contributed by atoms with E-state index in [4.69, 9.17) is 0 Å². The monoisotopic (exact) mass is 311 g/mol. The molecule has 5 heteroatoms. The molecule has 2 rings (SSSR count). The SMILES string of the molecule is Cc1cc(CO)cc(S(=O)(=O)N2CCC(C(C)C)C2)c1C. The fraction of sp³-hybridized carbons (Fsp3) is 0.625. The molecular weight excluding hydrogens is 286 g/mol. The first-order chi connectivity index (χ1) is 9.77. The largest absolute Gasteiger partial charge is 0.392 e. The minimum absolute atomic E-state index is 0.141. The van der Waals surface area contributed by atoms with Crippen molar-refractivity contribution >= 4 is 10.0 Å². The standard InChI is InChI=1S/C16H25NO3S/c1-11(2)15-5-6-17(9-15)21(19,20)16-8-14(10-18)7-12(3)13(16)4/h7-8,11,15,18H,5-6,9-10H2,1-4H3. The van der Waals surface area contributed by atoms with Crippen LogP contribution < -0.4 is 0 Å². The topological polar surface area (TPSA) is 57.6 Å². The molecule has 1 N–H and O–H groups in total. The van der Waals surface area contributed by atoms with Gasteiger partial charge in [-0.15, -0.1) is 0 Å². The molecule has 118 valence electrons. The van der Waals surface area contributed by atoms with Gasteiger partial charge < -0.3 is 5.11 Å². The molecule has 1 aliphatic heterocycles. The lowest BCUT2D eigenvalue weighted by Crippen LogP contribution is -2.30. The summed E-state index contributed by atoms with van der Waals surface area (Å²) in [4.78, 5) is 0.343. The Morgan fingerprint density at radius 3 is 2.52 bits per heavy atom. The van der Waals surface area contributed by atoms with E-state index >= 15 is 0 Å². The van der Waals surface area contributed by atoms with E-state index in [0.717, 1.165) is 17.5 Å².